The van der Waals surface area contributed by atoms with Gasteiger partial charge in [0, 0.05) is 6.08 Å². The van der Waals surface area contributed by atoms with Crippen LogP contribution in [-0.4, -0.2) is 20.1 Å². The molecule has 1 atom stereocenters. The predicted octanol–water partition coefficient (Wildman–Crippen LogP) is 4.08. The van der Waals surface area contributed by atoms with Crippen LogP contribution in [0.15, 0.2) is 42.5 Å². The Bertz CT molecular complexity index is 826. The number of amides is 1. The number of fused-ring (bicyclic) bond motifs is 1. The maximum Gasteiger partial charge on any atom is 0.244 e. The van der Waals surface area contributed by atoms with Gasteiger partial charge in [-0.1, -0.05) is 24.3 Å². The molecular weight excluding hydrogens is 326 g/mol. The maximum atomic E-state index is 12.3. The summed E-state index contributed by atoms with van der Waals surface area (Å²) in [6.07, 6.45) is 6.86. The summed E-state index contributed by atoms with van der Waals surface area (Å²) < 4.78 is 10.5. The summed E-state index contributed by atoms with van der Waals surface area (Å²) in [5.41, 5.74) is 4.89. The van der Waals surface area contributed by atoms with Crippen LogP contribution in [0.25, 0.3) is 6.08 Å². The van der Waals surface area contributed by atoms with Gasteiger partial charge in [0.25, 0.3) is 0 Å². The Morgan fingerprint density at radius 3 is 2.58 bits per heavy atom. The first-order valence-corrected chi connectivity index (χ1v) is 8.93. The van der Waals surface area contributed by atoms with E-state index in [4.69, 9.17) is 9.47 Å². The molecule has 3 rings (SSSR count). The molecule has 1 aliphatic rings. The summed E-state index contributed by atoms with van der Waals surface area (Å²) >= 11 is 0. The molecule has 0 radical (unpaired) electrons. The average Bonchev–Trinajstić information content (AvgIpc) is 3.13. The Morgan fingerprint density at radius 1 is 1.04 bits per heavy atom. The van der Waals surface area contributed by atoms with Crippen LogP contribution in [0.5, 0.6) is 11.5 Å². The molecule has 4 nitrogen and oxygen atoms in total. The molecule has 26 heavy (non-hydrogen) atoms. The number of aryl methyl sites for hydroxylation is 2. The SMILES string of the molecule is COc1ccc(/C=C/C(=O)NC(C)c2ccc3c(c2)CCC3)cc1OC. The van der Waals surface area contributed by atoms with Crippen molar-refractivity contribution in [1.29, 1.82) is 0 Å². The third kappa shape index (κ3) is 4.07. The van der Waals surface area contributed by atoms with Crippen LogP contribution in [0, 0.1) is 0 Å². The van der Waals surface area contributed by atoms with Gasteiger partial charge in [-0.3, -0.25) is 4.79 Å². The summed E-state index contributed by atoms with van der Waals surface area (Å²) in [6, 6.07) is 12.1. The molecule has 0 aliphatic heterocycles. The first-order chi connectivity index (χ1) is 12.6. The molecule has 0 fully saturated rings. The van der Waals surface area contributed by atoms with E-state index < -0.39 is 0 Å². The van der Waals surface area contributed by atoms with Crippen LogP contribution in [0.1, 0.15) is 41.6 Å². The van der Waals surface area contributed by atoms with Gasteiger partial charge in [-0.15, -0.1) is 0 Å². The number of carbonyl (C=O) groups excluding carboxylic acids is 1. The third-order valence-electron chi connectivity index (χ3n) is 4.82. The molecular formula is C22H25NO3. The van der Waals surface area contributed by atoms with Crippen molar-refractivity contribution in [1.82, 2.24) is 5.32 Å². The second kappa shape index (κ2) is 8.09. The first kappa shape index (κ1) is 18.1. The van der Waals surface area contributed by atoms with Crippen molar-refractivity contribution in [2.45, 2.75) is 32.2 Å². The van der Waals surface area contributed by atoms with E-state index in [0.29, 0.717) is 11.5 Å². The zero-order valence-electron chi connectivity index (χ0n) is 15.5. The van der Waals surface area contributed by atoms with Crippen LogP contribution in [-0.2, 0) is 17.6 Å². The van der Waals surface area contributed by atoms with E-state index >= 15 is 0 Å². The van der Waals surface area contributed by atoms with Crippen LogP contribution in [0.3, 0.4) is 0 Å². The number of hydrogen-bond donors (Lipinski definition) is 1. The minimum Gasteiger partial charge on any atom is -0.493 e. The van der Waals surface area contributed by atoms with E-state index in [2.05, 4.69) is 23.5 Å². The van der Waals surface area contributed by atoms with Crippen LogP contribution < -0.4 is 14.8 Å². The summed E-state index contributed by atoms with van der Waals surface area (Å²) in [5, 5.41) is 3.03. The molecule has 0 heterocycles. The molecule has 0 saturated carbocycles. The molecule has 0 saturated heterocycles. The highest BCUT2D eigenvalue weighted by atomic mass is 16.5. The summed E-state index contributed by atoms with van der Waals surface area (Å²) in [7, 11) is 3.19. The highest BCUT2D eigenvalue weighted by Gasteiger charge is 2.14. The predicted molar refractivity (Wildman–Crippen MR) is 104 cm³/mol. The zero-order valence-corrected chi connectivity index (χ0v) is 15.5. The summed E-state index contributed by atoms with van der Waals surface area (Å²) in [4.78, 5) is 12.3. The van der Waals surface area contributed by atoms with Crippen molar-refractivity contribution < 1.29 is 14.3 Å². The van der Waals surface area contributed by atoms with E-state index in [0.717, 1.165) is 17.5 Å². The fraction of sp³-hybridized carbons (Fsp3) is 0.318. The number of rotatable bonds is 6. The van der Waals surface area contributed by atoms with E-state index in [1.165, 1.54) is 24.0 Å². The normalized spacial score (nSPS) is 14.1. The third-order valence-corrected chi connectivity index (χ3v) is 4.82. The largest absolute Gasteiger partial charge is 0.493 e. The van der Waals surface area contributed by atoms with Crippen molar-refractivity contribution in [3.63, 3.8) is 0 Å². The first-order valence-electron chi connectivity index (χ1n) is 8.93. The van der Waals surface area contributed by atoms with Crippen molar-refractivity contribution in [2.24, 2.45) is 0 Å². The Balaban J connectivity index is 1.64. The summed E-state index contributed by atoms with van der Waals surface area (Å²) in [6.45, 7) is 2.01. The monoisotopic (exact) mass is 351 g/mol. The molecule has 2 aromatic rings. The number of hydrogen-bond acceptors (Lipinski definition) is 3. The van der Waals surface area contributed by atoms with Crippen molar-refractivity contribution in [3.05, 3.63) is 64.7 Å². The maximum absolute atomic E-state index is 12.3. The molecule has 136 valence electrons. The molecule has 1 aliphatic carbocycles. The fourth-order valence-corrected chi connectivity index (χ4v) is 3.33. The standard InChI is InChI=1S/C22H25NO3/c1-15(18-10-9-17-5-4-6-19(17)14-18)23-22(24)12-8-16-7-11-20(25-2)21(13-16)26-3/h7-15H,4-6H2,1-3H3,(H,23,24)/b12-8+. The number of ether oxygens (including phenoxy) is 2. The molecule has 1 amide bonds. The molecule has 0 aromatic heterocycles. The molecule has 4 heteroatoms. The molecule has 1 unspecified atom stereocenters. The minimum atomic E-state index is -0.118. The lowest BCUT2D eigenvalue weighted by atomic mass is 10.0. The molecule has 0 spiro atoms. The molecule has 0 bridgehead atoms. The molecule has 1 N–H and O–H groups in total. The van der Waals surface area contributed by atoms with E-state index in [1.54, 1.807) is 26.4 Å². The van der Waals surface area contributed by atoms with Gasteiger partial charge in [0.1, 0.15) is 0 Å². The average molecular weight is 351 g/mol. The lowest BCUT2D eigenvalue weighted by Crippen LogP contribution is -2.24. The van der Waals surface area contributed by atoms with Gasteiger partial charge in [-0.2, -0.15) is 0 Å². The second-order valence-corrected chi connectivity index (χ2v) is 6.56. The Hall–Kier alpha value is -2.75. The minimum absolute atomic E-state index is 0.0246. The van der Waals surface area contributed by atoms with E-state index in [9.17, 15) is 4.79 Å². The number of carbonyl (C=O) groups is 1. The highest BCUT2D eigenvalue weighted by molar-refractivity contribution is 5.92. The summed E-state index contributed by atoms with van der Waals surface area (Å²) in [5.74, 6) is 1.19. The van der Waals surface area contributed by atoms with E-state index in [1.807, 2.05) is 25.1 Å². The van der Waals surface area contributed by atoms with Gasteiger partial charge < -0.3 is 14.8 Å². The van der Waals surface area contributed by atoms with Crippen LogP contribution in [0.4, 0.5) is 0 Å². The topological polar surface area (TPSA) is 47.6 Å². The Kier molecular flexibility index (Phi) is 5.61. The van der Waals surface area contributed by atoms with Gasteiger partial charge in [0.05, 0.1) is 20.3 Å². The Labute approximate surface area is 154 Å². The van der Waals surface area contributed by atoms with Gasteiger partial charge in [-0.05, 0) is 66.6 Å². The van der Waals surface area contributed by atoms with Gasteiger partial charge in [0.2, 0.25) is 5.91 Å². The van der Waals surface area contributed by atoms with Gasteiger partial charge >= 0.3 is 0 Å². The van der Waals surface area contributed by atoms with Crippen LogP contribution in [0.2, 0.25) is 0 Å². The number of nitrogens with one attached hydrogen (secondary N) is 1. The van der Waals surface area contributed by atoms with Crippen LogP contribution >= 0.6 is 0 Å². The van der Waals surface area contributed by atoms with Crippen molar-refractivity contribution >= 4 is 12.0 Å². The number of benzene rings is 2. The lowest BCUT2D eigenvalue weighted by Gasteiger charge is -2.14. The zero-order chi connectivity index (χ0) is 18.5. The smallest absolute Gasteiger partial charge is 0.244 e. The molecule has 2 aromatic carbocycles. The van der Waals surface area contributed by atoms with Crippen molar-refractivity contribution in [2.75, 3.05) is 14.2 Å². The van der Waals surface area contributed by atoms with E-state index in [-0.39, 0.29) is 11.9 Å². The Morgan fingerprint density at radius 2 is 1.81 bits per heavy atom. The highest BCUT2D eigenvalue weighted by Crippen LogP contribution is 2.28. The quantitative estimate of drug-likeness (QED) is 0.798. The van der Waals surface area contributed by atoms with Gasteiger partial charge in [0.15, 0.2) is 11.5 Å². The lowest BCUT2D eigenvalue weighted by molar-refractivity contribution is -0.117. The second-order valence-electron chi connectivity index (χ2n) is 6.56. The fourth-order valence-electron chi connectivity index (χ4n) is 3.33. The number of methoxy groups -OCH3 is 2. The van der Waals surface area contributed by atoms with Crippen molar-refractivity contribution in [3.8, 4) is 11.5 Å². The van der Waals surface area contributed by atoms with Gasteiger partial charge in [-0.25, -0.2) is 0 Å².